The first-order valence-corrected chi connectivity index (χ1v) is 9.86. The van der Waals surface area contributed by atoms with Crippen LogP contribution in [0.4, 0.5) is 5.69 Å². The molecule has 0 unspecified atom stereocenters. The summed E-state index contributed by atoms with van der Waals surface area (Å²) in [6, 6.07) is 12.7. The largest absolute Gasteiger partial charge is 0.494 e. The topological polar surface area (TPSA) is 70.7 Å². The van der Waals surface area contributed by atoms with E-state index in [-0.39, 0.29) is 0 Å². The fourth-order valence-corrected chi connectivity index (χ4v) is 2.98. The summed E-state index contributed by atoms with van der Waals surface area (Å²) in [6.45, 7) is 3.84. The maximum Gasteiger partial charge on any atom is 0.313 e. The van der Waals surface area contributed by atoms with Crippen molar-refractivity contribution in [2.75, 3.05) is 32.6 Å². The van der Waals surface area contributed by atoms with Crippen molar-refractivity contribution in [1.82, 2.24) is 10.2 Å². The van der Waals surface area contributed by atoms with Crippen molar-refractivity contribution >= 4 is 33.4 Å². The van der Waals surface area contributed by atoms with Crippen LogP contribution in [0.2, 0.25) is 0 Å². The molecule has 7 heteroatoms. The third kappa shape index (κ3) is 7.32. The molecule has 2 amide bonds. The average molecular weight is 448 g/mol. The van der Waals surface area contributed by atoms with E-state index in [1.165, 1.54) is 0 Å². The van der Waals surface area contributed by atoms with Gasteiger partial charge in [-0.25, -0.2) is 0 Å². The summed E-state index contributed by atoms with van der Waals surface area (Å²) in [7, 11) is 4.04. The minimum Gasteiger partial charge on any atom is -0.494 e. The summed E-state index contributed by atoms with van der Waals surface area (Å²) >= 11 is 3.40. The molecule has 0 aromatic heterocycles. The summed E-state index contributed by atoms with van der Waals surface area (Å²) in [5.41, 5.74) is 2.54. The average Bonchev–Trinajstić information content (AvgIpc) is 2.65. The van der Waals surface area contributed by atoms with E-state index in [1.807, 2.05) is 39.2 Å². The Balaban J connectivity index is 1.79. The van der Waals surface area contributed by atoms with Gasteiger partial charge in [-0.15, -0.1) is 0 Å². The van der Waals surface area contributed by atoms with Crippen molar-refractivity contribution in [2.24, 2.45) is 0 Å². The first-order chi connectivity index (χ1) is 13.3. The van der Waals surface area contributed by atoms with E-state index in [1.54, 1.807) is 24.3 Å². The van der Waals surface area contributed by atoms with Gasteiger partial charge in [0.25, 0.3) is 0 Å². The second-order valence-electron chi connectivity index (χ2n) is 6.74. The Kier molecular flexibility index (Phi) is 8.47. The molecule has 0 atom stereocenters. The molecule has 0 aliphatic rings. The predicted octanol–water partition coefficient (Wildman–Crippen LogP) is 3.34. The lowest BCUT2D eigenvalue weighted by Crippen LogP contribution is -2.35. The number of hydrogen-bond donors (Lipinski definition) is 2. The van der Waals surface area contributed by atoms with E-state index < -0.39 is 11.8 Å². The number of halogens is 1. The number of ether oxygens (including phenoxy) is 1. The zero-order valence-corrected chi connectivity index (χ0v) is 18.0. The summed E-state index contributed by atoms with van der Waals surface area (Å²) in [4.78, 5) is 26.2. The number of carbonyl (C=O) groups is 2. The zero-order valence-electron chi connectivity index (χ0n) is 16.4. The number of anilines is 1. The Morgan fingerprint density at radius 2 is 1.79 bits per heavy atom. The van der Waals surface area contributed by atoms with E-state index >= 15 is 0 Å². The Morgan fingerprint density at radius 3 is 2.43 bits per heavy atom. The molecule has 0 saturated heterocycles. The number of benzene rings is 2. The Bertz CT molecular complexity index is 807. The lowest BCUT2D eigenvalue weighted by Gasteiger charge is -2.11. The van der Waals surface area contributed by atoms with Gasteiger partial charge in [-0.1, -0.05) is 22.0 Å². The minimum atomic E-state index is -0.700. The van der Waals surface area contributed by atoms with E-state index in [2.05, 4.69) is 31.5 Å². The molecule has 0 heterocycles. The maximum atomic E-state index is 12.1. The molecule has 0 bridgehead atoms. The van der Waals surface area contributed by atoms with Gasteiger partial charge in [-0.05, 0) is 75.0 Å². The first kappa shape index (κ1) is 21.9. The van der Waals surface area contributed by atoms with E-state index in [9.17, 15) is 9.59 Å². The fraction of sp³-hybridized carbons (Fsp3) is 0.333. The van der Waals surface area contributed by atoms with Crippen LogP contribution in [-0.2, 0) is 16.1 Å². The molecule has 6 nitrogen and oxygen atoms in total. The van der Waals surface area contributed by atoms with Gasteiger partial charge in [0.05, 0.1) is 6.61 Å². The Hall–Kier alpha value is -2.38. The van der Waals surface area contributed by atoms with Gasteiger partial charge in [-0.2, -0.15) is 0 Å². The van der Waals surface area contributed by atoms with Crippen LogP contribution in [0.1, 0.15) is 17.5 Å². The van der Waals surface area contributed by atoms with Crippen molar-refractivity contribution in [3.8, 4) is 5.75 Å². The van der Waals surface area contributed by atoms with Crippen LogP contribution in [-0.4, -0.2) is 44.0 Å². The van der Waals surface area contributed by atoms with Crippen molar-refractivity contribution < 1.29 is 14.3 Å². The van der Waals surface area contributed by atoms with Crippen molar-refractivity contribution in [2.45, 2.75) is 19.9 Å². The van der Waals surface area contributed by atoms with Crippen LogP contribution >= 0.6 is 15.9 Å². The number of aryl methyl sites for hydroxylation is 1. The Morgan fingerprint density at radius 1 is 1.07 bits per heavy atom. The summed E-state index contributed by atoms with van der Waals surface area (Å²) in [5, 5.41) is 5.23. The summed E-state index contributed by atoms with van der Waals surface area (Å²) < 4.78 is 6.62. The number of amides is 2. The SMILES string of the molecule is Cc1cc(Br)ccc1CNC(=O)C(=O)Nc1ccc(OCCCN(C)C)cc1. The molecule has 150 valence electrons. The molecule has 2 N–H and O–H groups in total. The van der Waals surface area contributed by atoms with Crippen molar-refractivity contribution in [1.29, 1.82) is 0 Å². The van der Waals surface area contributed by atoms with Crippen LogP contribution < -0.4 is 15.4 Å². The van der Waals surface area contributed by atoms with Crippen LogP contribution in [0.3, 0.4) is 0 Å². The molecular formula is C21H26BrN3O3. The van der Waals surface area contributed by atoms with Crippen LogP contribution in [0, 0.1) is 6.92 Å². The smallest absolute Gasteiger partial charge is 0.313 e. The highest BCUT2D eigenvalue weighted by atomic mass is 79.9. The quantitative estimate of drug-likeness (QED) is 0.480. The second-order valence-corrected chi connectivity index (χ2v) is 7.65. The molecule has 0 aliphatic carbocycles. The van der Waals surface area contributed by atoms with E-state index in [4.69, 9.17) is 4.74 Å². The summed E-state index contributed by atoms with van der Waals surface area (Å²) in [6.07, 6.45) is 0.934. The number of nitrogens with one attached hydrogen (secondary N) is 2. The predicted molar refractivity (Wildman–Crippen MR) is 114 cm³/mol. The minimum absolute atomic E-state index is 0.297. The van der Waals surface area contributed by atoms with Gasteiger partial charge in [-0.3, -0.25) is 9.59 Å². The van der Waals surface area contributed by atoms with Gasteiger partial charge in [0, 0.05) is 23.2 Å². The molecule has 0 aliphatic heterocycles. The van der Waals surface area contributed by atoms with Crippen LogP contribution in [0.5, 0.6) is 5.75 Å². The molecule has 0 fully saturated rings. The van der Waals surface area contributed by atoms with E-state index in [0.717, 1.165) is 34.3 Å². The summed E-state index contributed by atoms with van der Waals surface area (Å²) in [5.74, 6) is -0.646. The van der Waals surface area contributed by atoms with Crippen LogP contribution in [0.25, 0.3) is 0 Å². The number of rotatable bonds is 8. The third-order valence-electron chi connectivity index (χ3n) is 4.08. The number of carbonyl (C=O) groups excluding carboxylic acids is 2. The molecule has 0 saturated carbocycles. The lowest BCUT2D eigenvalue weighted by molar-refractivity contribution is -0.136. The fourth-order valence-electron chi connectivity index (χ4n) is 2.51. The van der Waals surface area contributed by atoms with Gasteiger partial charge >= 0.3 is 11.8 Å². The molecule has 0 spiro atoms. The van der Waals surface area contributed by atoms with Crippen LogP contribution in [0.15, 0.2) is 46.9 Å². The highest BCUT2D eigenvalue weighted by Gasteiger charge is 2.14. The molecule has 28 heavy (non-hydrogen) atoms. The number of hydrogen-bond acceptors (Lipinski definition) is 4. The van der Waals surface area contributed by atoms with E-state index in [0.29, 0.717) is 18.8 Å². The highest BCUT2D eigenvalue weighted by molar-refractivity contribution is 9.10. The van der Waals surface area contributed by atoms with Gasteiger partial charge in [0.1, 0.15) is 5.75 Å². The lowest BCUT2D eigenvalue weighted by atomic mass is 10.1. The van der Waals surface area contributed by atoms with Gasteiger partial charge in [0.15, 0.2) is 0 Å². The van der Waals surface area contributed by atoms with Gasteiger partial charge in [0.2, 0.25) is 0 Å². The van der Waals surface area contributed by atoms with Crippen molar-refractivity contribution in [3.05, 3.63) is 58.1 Å². The maximum absolute atomic E-state index is 12.1. The zero-order chi connectivity index (χ0) is 20.5. The number of nitrogens with zero attached hydrogens (tertiary/aromatic N) is 1. The molecule has 0 radical (unpaired) electrons. The van der Waals surface area contributed by atoms with Gasteiger partial charge < -0.3 is 20.3 Å². The standard InChI is InChI=1S/C21H26BrN3O3/c1-15-13-17(22)6-5-16(15)14-23-20(26)21(27)24-18-7-9-19(10-8-18)28-12-4-11-25(2)3/h5-10,13H,4,11-12,14H2,1-3H3,(H,23,26)(H,24,27). The molecule has 2 aromatic carbocycles. The second kappa shape index (κ2) is 10.8. The third-order valence-corrected chi connectivity index (χ3v) is 4.57. The Labute approximate surface area is 174 Å². The normalized spacial score (nSPS) is 10.6. The highest BCUT2D eigenvalue weighted by Crippen LogP contribution is 2.17. The van der Waals surface area contributed by atoms with Crippen molar-refractivity contribution in [3.63, 3.8) is 0 Å². The molecule has 2 aromatic rings. The molecular weight excluding hydrogens is 422 g/mol. The molecule has 2 rings (SSSR count). The monoisotopic (exact) mass is 447 g/mol. The first-order valence-electron chi connectivity index (χ1n) is 9.07.